The highest BCUT2D eigenvalue weighted by Gasteiger charge is 2.40. The molecule has 0 aliphatic carbocycles. The maximum Gasteiger partial charge on any atom is 0.410 e. The number of rotatable bonds is 5. The fourth-order valence-electron chi connectivity index (χ4n) is 3.62. The first-order valence-electron chi connectivity index (χ1n) is 9.66. The molecule has 162 valence electrons. The van der Waals surface area contributed by atoms with Gasteiger partial charge in [-0.15, -0.1) is 11.3 Å². The van der Waals surface area contributed by atoms with Crippen molar-refractivity contribution < 1.29 is 22.7 Å². The van der Waals surface area contributed by atoms with E-state index in [9.17, 15) is 18.0 Å². The van der Waals surface area contributed by atoms with Gasteiger partial charge in [0.15, 0.2) is 5.13 Å². The van der Waals surface area contributed by atoms with Crippen LogP contribution >= 0.6 is 22.7 Å². The Morgan fingerprint density at radius 3 is 2.93 bits per heavy atom. The second-order valence-electron chi connectivity index (χ2n) is 6.95. The predicted octanol–water partition coefficient (Wildman–Crippen LogP) is 2.51. The maximum atomic E-state index is 12.9. The molecule has 1 atom stereocenters. The van der Waals surface area contributed by atoms with Crippen LogP contribution in [-0.4, -0.2) is 60.3 Å². The predicted molar refractivity (Wildman–Crippen MR) is 113 cm³/mol. The lowest BCUT2D eigenvalue weighted by atomic mass is 10.2. The zero-order chi connectivity index (χ0) is 21.3. The van der Waals surface area contributed by atoms with Gasteiger partial charge in [0, 0.05) is 24.4 Å². The SMILES string of the molecule is CCOC(=O)N1CCc2nc(NC(=O)C3CCCN3S(=O)(=O)c3cccs3)sc2C1. The maximum absolute atomic E-state index is 12.9. The summed E-state index contributed by atoms with van der Waals surface area (Å²) in [5, 5.41) is 4.92. The molecule has 0 bridgehead atoms. The van der Waals surface area contributed by atoms with E-state index < -0.39 is 16.1 Å². The van der Waals surface area contributed by atoms with Gasteiger partial charge in [-0.05, 0) is 31.2 Å². The van der Waals surface area contributed by atoms with E-state index in [2.05, 4.69) is 10.3 Å². The van der Waals surface area contributed by atoms with E-state index >= 15 is 0 Å². The molecule has 0 aromatic carbocycles. The van der Waals surface area contributed by atoms with E-state index in [0.29, 0.717) is 50.6 Å². The molecular formula is C18H22N4O5S3. The molecule has 0 spiro atoms. The molecule has 1 unspecified atom stereocenters. The van der Waals surface area contributed by atoms with Crippen LogP contribution in [0, 0.1) is 0 Å². The normalized spacial score (nSPS) is 19.5. The number of hydrogen-bond donors (Lipinski definition) is 1. The van der Waals surface area contributed by atoms with Crippen LogP contribution in [0.5, 0.6) is 0 Å². The molecule has 0 saturated carbocycles. The molecule has 2 aromatic heterocycles. The monoisotopic (exact) mass is 470 g/mol. The van der Waals surface area contributed by atoms with Crippen molar-refractivity contribution in [3.63, 3.8) is 0 Å². The molecule has 1 N–H and O–H groups in total. The molecule has 2 aliphatic heterocycles. The Balaban J connectivity index is 1.45. The second-order valence-corrected chi connectivity index (χ2v) is 11.1. The van der Waals surface area contributed by atoms with Crippen LogP contribution in [-0.2, 0) is 32.5 Å². The number of carbonyl (C=O) groups is 2. The minimum Gasteiger partial charge on any atom is -0.450 e. The minimum atomic E-state index is -3.69. The Morgan fingerprint density at radius 1 is 1.37 bits per heavy atom. The van der Waals surface area contributed by atoms with Gasteiger partial charge in [-0.25, -0.2) is 18.2 Å². The Kier molecular flexibility index (Phi) is 6.09. The number of hydrogen-bond acceptors (Lipinski definition) is 8. The summed E-state index contributed by atoms with van der Waals surface area (Å²) < 4.78 is 32.3. The Bertz CT molecular complexity index is 1030. The number of thiophene rings is 1. The number of ether oxygens (including phenoxy) is 1. The summed E-state index contributed by atoms with van der Waals surface area (Å²) in [5.41, 5.74) is 0.852. The van der Waals surface area contributed by atoms with Crippen LogP contribution in [0.15, 0.2) is 21.7 Å². The van der Waals surface area contributed by atoms with Crippen molar-refractivity contribution in [1.29, 1.82) is 0 Å². The molecular weight excluding hydrogens is 448 g/mol. The van der Waals surface area contributed by atoms with Gasteiger partial charge in [-0.1, -0.05) is 17.4 Å². The second kappa shape index (κ2) is 8.61. The van der Waals surface area contributed by atoms with Gasteiger partial charge in [-0.3, -0.25) is 4.79 Å². The van der Waals surface area contributed by atoms with Crippen molar-refractivity contribution in [3.05, 3.63) is 28.1 Å². The van der Waals surface area contributed by atoms with Crippen molar-refractivity contribution >= 4 is 49.8 Å². The van der Waals surface area contributed by atoms with Gasteiger partial charge in [0.05, 0.1) is 18.8 Å². The lowest BCUT2D eigenvalue weighted by Crippen LogP contribution is -2.42. The number of thiazole rings is 1. The molecule has 2 aliphatic rings. The average molecular weight is 471 g/mol. The van der Waals surface area contributed by atoms with Crippen LogP contribution < -0.4 is 5.32 Å². The fourth-order valence-corrected chi connectivity index (χ4v) is 7.43. The number of aromatic nitrogens is 1. The van der Waals surface area contributed by atoms with Gasteiger partial charge < -0.3 is 15.0 Å². The van der Waals surface area contributed by atoms with E-state index in [1.807, 2.05) is 0 Å². The van der Waals surface area contributed by atoms with Crippen LogP contribution in [0.3, 0.4) is 0 Å². The van der Waals surface area contributed by atoms with E-state index in [4.69, 9.17) is 4.74 Å². The highest BCUT2D eigenvalue weighted by atomic mass is 32.2. The summed E-state index contributed by atoms with van der Waals surface area (Å²) in [5.74, 6) is -0.374. The fraction of sp³-hybridized carbons (Fsp3) is 0.500. The molecule has 1 fully saturated rings. The van der Waals surface area contributed by atoms with Crippen LogP contribution in [0.25, 0.3) is 0 Å². The Labute approximate surface area is 182 Å². The molecule has 2 aromatic rings. The third-order valence-electron chi connectivity index (χ3n) is 5.05. The molecule has 1 saturated heterocycles. The quantitative estimate of drug-likeness (QED) is 0.719. The summed E-state index contributed by atoms with van der Waals surface area (Å²) >= 11 is 2.45. The average Bonchev–Trinajstić information content (AvgIpc) is 3.47. The number of carbonyl (C=O) groups excluding carboxylic acids is 2. The Hall–Kier alpha value is -2.02. The lowest BCUT2D eigenvalue weighted by molar-refractivity contribution is -0.119. The molecule has 2 amide bonds. The topological polar surface area (TPSA) is 109 Å². The lowest BCUT2D eigenvalue weighted by Gasteiger charge is -2.24. The highest BCUT2D eigenvalue weighted by molar-refractivity contribution is 7.91. The van der Waals surface area contributed by atoms with E-state index in [-0.39, 0.29) is 16.2 Å². The summed E-state index contributed by atoms with van der Waals surface area (Å²) in [6.07, 6.45) is 1.33. The highest BCUT2D eigenvalue weighted by Crippen LogP contribution is 2.31. The number of nitrogens with zero attached hydrogens (tertiary/aromatic N) is 3. The summed E-state index contributed by atoms with van der Waals surface area (Å²) in [6, 6.07) is 2.48. The standard InChI is InChI=1S/C18H22N4O5S3/c1-2-27-18(24)21-9-7-12-14(11-21)29-17(19-12)20-16(23)13-5-3-8-22(13)30(25,26)15-6-4-10-28-15/h4,6,10,13H,2-3,5,7-9,11H2,1H3,(H,19,20,23). The van der Waals surface area contributed by atoms with E-state index in [1.54, 1.807) is 29.3 Å². The van der Waals surface area contributed by atoms with Gasteiger partial charge in [-0.2, -0.15) is 4.31 Å². The van der Waals surface area contributed by atoms with Crippen LogP contribution in [0.1, 0.15) is 30.3 Å². The number of sulfonamides is 1. The van der Waals surface area contributed by atoms with Gasteiger partial charge in [0.25, 0.3) is 10.0 Å². The molecule has 12 heteroatoms. The Morgan fingerprint density at radius 2 is 2.20 bits per heavy atom. The zero-order valence-corrected chi connectivity index (χ0v) is 18.8. The van der Waals surface area contributed by atoms with Crippen molar-refractivity contribution in [2.24, 2.45) is 0 Å². The van der Waals surface area contributed by atoms with Crippen molar-refractivity contribution in [1.82, 2.24) is 14.2 Å². The zero-order valence-electron chi connectivity index (χ0n) is 16.4. The first-order chi connectivity index (χ1) is 14.4. The first kappa shape index (κ1) is 21.2. The number of nitrogens with one attached hydrogen (secondary N) is 1. The smallest absolute Gasteiger partial charge is 0.410 e. The molecule has 9 nitrogen and oxygen atoms in total. The number of fused-ring (bicyclic) bond motifs is 1. The van der Waals surface area contributed by atoms with Crippen LogP contribution in [0.4, 0.5) is 9.93 Å². The molecule has 4 heterocycles. The van der Waals surface area contributed by atoms with Gasteiger partial charge >= 0.3 is 6.09 Å². The van der Waals surface area contributed by atoms with Crippen molar-refractivity contribution in [3.8, 4) is 0 Å². The van der Waals surface area contributed by atoms with E-state index in [0.717, 1.165) is 21.9 Å². The first-order valence-corrected chi connectivity index (χ1v) is 12.8. The third kappa shape index (κ3) is 4.09. The molecule has 30 heavy (non-hydrogen) atoms. The van der Waals surface area contributed by atoms with Crippen molar-refractivity contribution in [2.45, 2.75) is 43.0 Å². The van der Waals surface area contributed by atoms with Crippen molar-refractivity contribution in [2.75, 3.05) is 25.0 Å². The van der Waals surface area contributed by atoms with Crippen LogP contribution in [0.2, 0.25) is 0 Å². The summed E-state index contributed by atoms with van der Waals surface area (Å²) in [6.45, 7) is 3.31. The van der Waals surface area contributed by atoms with Gasteiger partial charge in [0.2, 0.25) is 5.91 Å². The number of amides is 2. The summed E-state index contributed by atoms with van der Waals surface area (Å²) in [7, 11) is -3.69. The third-order valence-corrected chi connectivity index (χ3v) is 9.33. The van der Waals surface area contributed by atoms with Gasteiger partial charge in [0.1, 0.15) is 10.3 Å². The minimum absolute atomic E-state index is 0.242. The molecule has 4 rings (SSSR count). The number of anilines is 1. The summed E-state index contributed by atoms with van der Waals surface area (Å²) in [4.78, 5) is 31.8. The largest absolute Gasteiger partial charge is 0.450 e. The molecule has 0 radical (unpaired) electrons. The van der Waals surface area contributed by atoms with E-state index in [1.165, 1.54) is 15.6 Å².